The Morgan fingerprint density at radius 2 is 1.39 bits per heavy atom. The Morgan fingerprint density at radius 1 is 0.722 bits per heavy atom. The summed E-state index contributed by atoms with van der Waals surface area (Å²) in [6, 6.07) is 32.6. The van der Waals surface area contributed by atoms with Gasteiger partial charge in [-0.05, 0) is 59.0 Å². The van der Waals surface area contributed by atoms with Gasteiger partial charge in [0.05, 0.1) is 12.8 Å². The Labute approximate surface area is 212 Å². The third kappa shape index (κ3) is 5.84. The lowest BCUT2D eigenvalue weighted by atomic mass is 9.96. The number of nitrogens with zero attached hydrogens (tertiary/aromatic N) is 1. The molecule has 0 amide bonds. The maximum Gasteiger partial charge on any atom is 0.162 e. The lowest BCUT2D eigenvalue weighted by molar-refractivity contribution is 0.284. The van der Waals surface area contributed by atoms with E-state index >= 15 is 0 Å². The highest BCUT2D eigenvalue weighted by Crippen LogP contribution is 2.34. The summed E-state index contributed by atoms with van der Waals surface area (Å²) in [6.07, 6.45) is 5.05. The van der Waals surface area contributed by atoms with Crippen LogP contribution in [0.15, 0.2) is 108 Å². The van der Waals surface area contributed by atoms with Gasteiger partial charge in [0.25, 0.3) is 0 Å². The Balaban J connectivity index is 1.29. The quantitative estimate of drug-likeness (QED) is 0.264. The summed E-state index contributed by atoms with van der Waals surface area (Å²) < 4.78 is 17.7. The van der Waals surface area contributed by atoms with Gasteiger partial charge < -0.3 is 14.2 Å². The molecule has 4 nitrogen and oxygen atoms in total. The first kappa shape index (κ1) is 23.4. The number of hydrogen-bond acceptors (Lipinski definition) is 4. The van der Waals surface area contributed by atoms with Gasteiger partial charge in [-0.25, -0.2) is 0 Å². The van der Waals surface area contributed by atoms with Crippen LogP contribution in [0.1, 0.15) is 27.8 Å². The van der Waals surface area contributed by atoms with Crippen molar-refractivity contribution < 1.29 is 14.2 Å². The number of hydrogen-bond donors (Lipinski definition) is 0. The van der Waals surface area contributed by atoms with Crippen molar-refractivity contribution >= 4 is 11.8 Å². The molecule has 0 saturated carbocycles. The Morgan fingerprint density at radius 3 is 2.06 bits per heavy atom. The van der Waals surface area contributed by atoms with E-state index in [4.69, 9.17) is 19.2 Å². The van der Waals surface area contributed by atoms with Crippen LogP contribution in [0.4, 0.5) is 0 Å². The zero-order valence-electron chi connectivity index (χ0n) is 20.4. The lowest BCUT2D eigenvalue weighted by Gasteiger charge is -2.19. The lowest BCUT2D eigenvalue weighted by Crippen LogP contribution is -2.12. The van der Waals surface area contributed by atoms with Crippen LogP contribution in [0.5, 0.6) is 17.2 Å². The van der Waals surface area contributed by atoms with Crippen LogP contribution >= 0.6 is 0 Å². The van der Waals surface area contributed by atoms with Gasteiger partial charge in [0.2, 0.25) is 0 Å². The number of aliphatic imine (C=N–C) groups is 1. The van der Waals surface area contributed by atoms with Crippen molar-refractivity contribution in [2.45, 2.75) is 19.6 Å². The van der Waals surface area contributed by atoms with Crippen LogP contribution in [0, 0.1) is 0 Å². The monoisotopic (exact) mass is 475 g/mol. The maximum atomic E-state index is 6.14. The van der Waals surface area contributed by atoms with E-state index in [1.807, 2.05) is 48.5 Å². The van der Waals surface area contributed by atoms with Gasteiger partial charge in [0, 0.05) is 12.1 Å². The summed E-state index contributed by atoms with van der Waals surface area (Å²) in [6.45, 7) is 1.80. The second-order valence-corrected chi connectivity index (χ2v) is 8.63. The molecule has 0 saturated heterocycles. The molecule has 0 aliphatic carbocycles. The van der Waals surface area contributed by atoms with E-state index in [1.165, 1.54) is 5.56 Å². The molecule has 0 fully saturated rings. The molecule has 0 N–H and O–H groups in total. The molecule has 0 unspecified atom stereocenters. The van der Waals surface area contributed by atoms with Crippen LogP contribution in [0.25, 0.3) is 6.08 Å². The molecule has 0 aromatic heterocycles. The van der Waals surface area contributed by atoms with E-state index in [9.17, 15) is 0 Å². The molecule has 1 aliphatic heterocycles. The Kier molecular flexibility index (Phi) is 7.43. The molecule has 0 bridgehead atoms. The zero-order valence-corrected chi connectivity index (χ0v) is 20.4. The summed E-state index contributed by atoms with van der Waals surface area (Å²) in [5.41, 5.74) is 6.61. The van der Waals surface area contributed by atoms with Crippen molar-refractivity contribution in [2.75, 3.05) is 13.7 Å². The zero-order chi connectivity index (χ0) is 24.6. The van der Waals surface area contributed by atoms with E-state index in [0.717, 1.165) is 58.2 Å². The van der Waals surface area contributed by atoms with E-state index in [1.54, 1.807) is 7.11 Å². The van der Waals surface area contributed by atoms with Gasteiger partial charge in [-0.15, -0.1) is 0 Å². The molecule has 4 heteroatoms. The Bertz CT molecular complexity index is 1340. The van der Waals surface area contributed by atoms with Gasteiger partial charge in [-0.3, -0.25) is 4.99 Å². The van der Waals surface area contributed by atoms with Gasteiger partial charge in [-0.1, -0.05) is 78.9 Å². The smallest absolute Gasteiger partial charge is 0.162 e. The van der Waals surface area contributed by atoms with Crippen LogP contribution in [0.2, 0.25) is 0 Å². The first-order valence-electron chi connectivity index (χ1n) is 12.2. The molecular weight excluding hydrogens is 446 g/mol. The highest BCUT2D eigenvalue weighted by Gasteiger charge is 2.17. The summed E-state index contributed by atoms with van der Waals surface area (Å²) in [5.74, 6) is 2.33. The standard InChI is InChI=1S/C32H29NO3/c1-34-31-20-27-18-19-33-30(29(27)21-32(31)36-23-26-10-6-3-7-11-26)17-14-24-12-15-28(16-13-24)35-22-25-8-4-2-5-9-25/h2-17,20-21H,18-19,22-23H2,1H3/b17-14+. The fourth-order valence-corrected chi connectivity index (χ4v) is 4.17. The summed E-state index contributed by atoms with van der Waals surface area (Å²) >= 11 is 0. The van der Waals surface area contributed by atoms with E-state index in [2.05, 4.69) is 60.7 Å². The predicted octanol–water partition coefficient (Wildman–Crippen LogP) is 6.91. The number of allylic oxidation sites excluding steroid dienone is 1. The first-order chi connectivity index (χ1) is 17.8. The van der Waals surface area contributed by atoms with Gasteiger partial charge >= 0.3 is 0 Å². The molecule has 1 heterocycles. The second kappa shape index (κ2) is 11.4. The normalized spacial score (nSPS) is 12.6. The SMILES string of the molecule is COc1cc2c(cc1OCc1ccccc1)C(/C=C/c1ccc(OCc3ccccc3)cc1)=NCC2. The van der Waals surface area contributed by atoms with E-state index in [-0.39, 0.29) is 0 Å². The topological polar surface area (TPSA) is 40.0 Å². The van der Waals surface area contributed by atoms with Gasteiger partial charge in [0.15, 0.2) is 11.5 Å². The van der Waals surface area contributed by atoms with E-state index < -0.39 is 0 Å². The average molecular weight is 476 g/mol. The van der Waals surface area contributed by atoms with E-state index in [0.29, 0.717) is 13.2 Å². The third-order valence-corrected chi connectivity index (χ3v) is 6.13. The molecule has 1 aliphatic rings. The molecule has 5 rings (SSSR count). The van der Waals surface area contributed by atoms with Crippen LogP contribution in [0.3, 0.4) is 0 Å². The minimum absolute atomic E-state index is 0.483. The number of fused-ring (bicyclic) bond motifs is 1. The highest BCUT2D eigenvalue weighted by molar-refractivity contribution is 6.12. The van der Waals surface area contributed by atoms with Crippen molar-refractivity contribution in [3.05, 3.63) is 131 Å². The highest BCUT2D eigenvalue weighted by atomic mass is 16.5. The number of methoxy groups -OCH3 is 1. The number of rotatable bonds is 9. The summed E-state index contributed by atoms with van der Waals surface area (Å²) in [7, 11) is 1.68. The third-order valence-electron chi connectivity index (χ3n) is 6.13. The van der Waals surface area contributed by atoms with Crippen molar-refractivity contribution in [1.29, 1.82) is 0 Å². The molecular formula is C32H29NO3. The maximum absolute atomic E-state index is 6.14. The Hall–Kier alpha value is -4.31. The predicted molar refractivity (Wildman–Crippen MR) is 145 cm³/mol. The molecule has 180 valence electrons. The fourth-order valence-electron chi connectivity index (χ4n) is 4.17. The first-order valence-corrected chi connectivity index (χ1v) is 12.2. The number of benzene rings is 4. The minimum atomic E-state index is 0.483. The van der Waals surface area contributed by atoms with Crippen LogP contribution in [-0.4, -0.2) is 19.4 Å². The van der Waals surface area contributed by atoms with Gasteiger partial charge in [0.1, 0.15) is 19.0 Å². The largest absolute Gasteiger partial charge is 0.493 e. The van der Waals surface area contributed by atoms with Crippen molar-refractivity contribution in [3.8, 4) is 17.2 Å². The summed E-state index contributed by atoms with van der Waals surface area (Å²) in [4.78, 5) is 4.79. The minimum Gasteiger partial charge on any atom is -0.493 e. The molecule has 0 radical (unpaired) electrons. The van der Waals surface area contributed by atoms with Gasteiger partial charge in [-0.2, -0.15) is 0 Å². The second-order valence-electron chi connectivity index (χ2n) is 8.63. The molecule has 0 atom stereocenters. The average Bonchev–Trinajstić information content (AvgIpc) is 2.95. The molecule has 36 heavy (non-hydrogen) atoms. The molecule has 0 spiro atoms. The fraction of sp³-hybridized carbons (Fsp3) is 0.156. The molecule has 4 aromatic carbocycles. The molecule has 4 aromatic rings. The van der Waals surface area contributed by atoms with Crippen LogP contribution < -0.4 is 14.2 Å². The van der Waals surface area contributed by atoms with Crippen LogP contribution in [-0.2, 0) is 19.6 Å². The summed E-state index contributed by atoms with van der Waals surface area (Å²) in [5, 5.41) is 0. The number of ether oxygens (including phenoxy) is 3. The van der Waals surface area contributed by atoms with Crippen molar-refractivity contribution in [1.82, 2.24) is 0 Å². The van der Waals surface area contributed by atoms with Crippen molar-refractivity contribution in [3.63, 3.8) is 0 Å². The van der Waals surface area contributed by atoms with Crippen molar-refractivity contribution in [2.24, 2.45) is 4.99 Å².